The molecule has 1 aliphatic heterocycles. The Hall–Kier alpha value is -0.0800. The molecule has 0 aliphatic carbocycles. The molecule has 2 heteroatoms. The van der Waals surface area contributed by atoms with Crippen LogP contribution in [0.2, 0.25) is 0 Å². The molecule has 1 rings (SSSR count). The van der Waals surface area contributed by atoms with Crippen LogP contribution in [-0.4, -0.2) is 12.3 Å². The molecule has 1 saturated heterocycles. The van der Waals surface area contributed by atoms with Gasteiger partial charge in [0.2, 0.25) is 0 Å². The average Bonchev–Trinajstić information content (AvgIpc) is 1.79. The van der Waals surface area contributed by atoms with Crippen molar-refractivity contribution in [3.63, 3.8) is 0 Å². The van der Waals surface area contributed by atoms with Crippen LogP contribution in [0.15, 0.2) is 0 Å². The Balaban J connectivity index is 2.20. The molecule has 2 unspecified atom stereocenters. The lowest BCUT2D eigenvalue weighted by molar-refractivity contribution is 0.383. The number of rotatable bonds is 0. The SMILES string of the molecule is CC1OC1N. The van der Waals surface area contributed by atoms with Gasteiger partial charge in [0.05, 0.1) is 6.10 Å². The van der Waals surface area contributed by atoms with Gasteiger partial charge < -0.3 is 10.5 Å². The zero-order valence-corrected chi connectivity index (χ0v) is 3.14. The minimum Gasteiger partial charge on any atom is -0.354 e. The minimum atomic E-state index is 0.0509. The van der Waals surface area contributed by atoms with Crippen LogP contribution in [0.1, 0.15) is 6.92 Å². The first-order chi connectivity index (χ1) is 2.30. The van der Waals surface area contributed by atoms with E-state index in [0.717, 1.165) is 0 Å². The Morgan fingerprint density at radius 3 is 2.00 bits per heavy atom. The second-order valence-electron chi connectivity index (χ2n) is 1.31. The summed E-state index contributed by atoms with van der Waals surface area (Å²) in [6, 6.07) is 0. The van der Waals surface area contributed by atoms with Gasteiger partial charge in [0.15, 0.2) is 0 Å². The smallest absolute Gasteiger partial charge is 0.132 e. The number of epoxide rings is 1. The molecule has 0 bridgehead atoms. The van der Waals surface area contributed by atoms with Crippen molar-refractivity contribution in [2.24, 2.45) is 5.73 Å². The molecule has 1 aliphatic rings. The van der Waals surface area contributed by atoms with Gasteiger partial charge in [-0.2, -0.15) is 0 Å². The fraction of sp³-hybridized carbons (Fsp3) is 1.00. The van der Waals surface area contributed by atoms with Crippen molar-refractivity contribution in [3.05, 3.63) is 0 Å². The van der Waals surface area contributed by atoms with E-state index < -0.39 is 0 Å². The maximum Gasteiger partial charge on any atom is 0.132 e. The van der Waals surface area contributed by atoms with Crippen LogP contribution in [0.5, 0.6) is 0 Å². The molecular formula is C3H7NO. The molecule has 30 valence electrons. The molecule has 0 aromatic carbocycles. The third-order valence-electron chi connectivity index (χ3n) is 0.758. The molecule has 1 heterocycles. The molecule has 2 nitrogen and oxygen atoms in total. The number of ether oxygens (including phenoxy) is 1. The predicted octanol–water partition coefficient (Wildman–Crippen LogP) is -0.310. The minimum absolute atomic E-state index is 0.0509. The Morgan fingerprint density at radius 1 is 1.80 bits per heavy atom. The lowest BCUT2D eigenvalue weighted by Gasteiger charge is -1.60. The monoisotopic (exact) mass is 73.1 g/mol. The summed E-state index contributed by atoms with van der Waals surface area (Å²) in [6.45, 7) is 1.95. The van der Waals surface area contributed by atoms with Crippen LogP contribution >= 0.6 is 0 Å². The van der Waals surface area contributed by atoms with Gasteiger partial charge in [-0.15, -0.1) is 0 Å². The van der Waals surface area contributed by atoms with E-state index in [1.54, 1.807) is 0 Å². The van der Waals surface area contributed by atoms with E-state index in [0.29, 0.717) is 6.10 Å². The highest BCUT2D eigenvalue weighted by molar-refractivity contribution is 4.71. The molecule has 0 spiro atoms. The summed E-state index contributed by atoms with van der Waals surface area (Å²) in [6.07, 6.45) is 0.380. The highest BCUT2D eigenvalue weighted by atomic mass is 16.6. The van der Waals surface area contributed by atoms with Crippen LogP contribution in [0, 0.1) is 0 Å². The van der Waals surface area contributed by atoms with E-state index in [1.807, 2.05) is 6.92 Å². The van der Waals surface area contributed by atoms with Gasteiger partial charge in [0.25, 0.3) is 0 Å². The lowest BCUT2D eigenvalue weighted by atomic mass is 10.5. The maximum atomic E-state index is 5.14. The Kier molecular flexibility index (Phi) is 0.436. The van der Waals surface area contributed by atoms with E-state index in [2.05, 4.69) is 0 Å². The van der Waals surface area contributed by atoms with Gasteiger partial charge in [-0.1, -0.05) is 0 Å². The molecule has 0 radical (unpaired) electrons. The second-order valence-corrected chi connectivity index (χ2v) is 1.31. The lowest BCUT2D eigenvalue weighted by Crippen LogP contribution is -2.01. The molecular weight excluding hydrogens is 66.0 g/mol. The topological polar surface area (TPSA) is 38.5 Å². The van der Waals surface area contributed by atoms with Gasteiger partial charge in [-0.05, 0) is 6.92 Å². The highest BCUT2D eigenvalue weighted by Crippen LogP contribution is 2.12. The third-order valence-corrected chi connectivity index (χ3v) is 0.758. The van der Waals surface area contributed by atoms with Crippen molar-refractivity contribution in [1.29, 1.82) is 0 Å². The van der Waals surface area contributed by atoms with Crippen LogP contribution in [0.3, 0.4) is 0 Å². The summed E-state index contributed by atoms with van der Waals surface area (Å²) in [4.78, 5) is 0. The second kappa shape index (κ2) is 0.698. The molecule has 2 N–H and O–H groups in total. The zero-order valence-electron chi connectivity index (χ0n) is 3.14. The molecule has 0 amide bonds. The highest BCUT2D eigenvalue weighted by Gasteiger charge is 2.28. The van der Waals surface area contributed by atoms with Gasteiger partial charge in [-0.25, -0.2) is 0 Å². The quantitative estimate of drug-likeness (QED) is 0.399. The number of hydrogen-bond acceptors (Lipinski definition) is 2. The van der Waals surface area contributed by atoms with Crippen molar-refractivity contribution in [2.45, 2.75) is 19.3 Å². The molecule has 0 saturated carbocycles. The Morgan fingerprint density at radius 2 is 2.00 bits per heavy atom. The summed E-state index contributed by atoms with van der Waals surface area (Å²) in [5, 5.41) is 0. The summed E-state index contributed by atoms with van der Waals surface area (Å²) in [5.41, 5.74) is 5.14. The van der Waals surface area contributed by atoms with E-state index in [1.165, 1.54) is 0 Å². The fourth-order valence-electron chi connectivity index (χ4n) is 0.202. The van der Waals surface area contributed by atoms with Crippen LogP contribution in [-0.2, 0) is 4.74 Å². The molecule has 2 atom stereocenters. The number of hydrogen-bond donors (Lipinski definition) is 1. The molecule has 0 aromatic heterocycles. The largest absolute Gasteiger partial charge is 0.354 e. The fourth-order valence-corrected chi connectivity index (χ4v) is 0.202. The van der Waals surface area contributed by atoms with Gasteiger partial charge in [0.1, 0.15) is 6.23 Å². The molecule has 1 fully saturated rings. The van der Waals surface area contributed by atoms with E-state index in [-0.39, 0.29) is 6.23 Å². The standard InChI is InChI=1S/C3H7NO/c1-2-3(4)5-2/h2-3H,4H2,1H3. The van der Waals surface area contributed by atoms with Crippen molar-refractivity contribution in [3.8, 4) is 0 Å². The van der Waals surface area contributed by atoms with E-state index >= 15 is 0 Å². The van der Waals surface area contributed by atoms with E-state index in [9.17, 15) is 0 Å². The summed E-state index contributed by atoms with van der Waals surface area (Å²) >= 11 is 0. The molecule has 5 heavy (non-hydrogen) atoms. The maximum absolute atomic E-state index is 5.14. The Bertz CT molecular complexity index is 40.2. The van der Waals surface area contributed by atoms with E-state index in [4.69, 9.17) is 10.5 Å². The van der Waals surface area contributed by atoms with Gasteiger partial charge >= 0.3 is 0 Å². The summed E-state index contributed by atoms with van der Waals surface area (Å²) in [7, 11) is 0. The van der Waals surface area contributed by atoms with Gasteiger partial charge in [0, 0.05) is 0 Å². The zero-order chi connectivity index (χ0) is 3.86. The van der Waals surface area contributed by atoms with Crippen molar-refractivity contribution in [2.75, 3.05) is 0 Å². The first kappa shape index (κ1) is 3.12. The van der Waals surface area contributed by atoms with Crippen molar-refractivity contribution in [1.82, 2.24) is 0 Å². The summed E-state index contributed by atoms with van der Waals surface area (Å²) in [5.74, 6) is 0. The third kappa shape index (κ3) is 0.412. The Labute approximate surface area is 30.9 Å². The van der Waals surface area contributed by atoms with Gasteiger partial charge in [-0.3, -0.25) is 0 Å². The molecule has 0 aromatic rings. The van der Waals surface area contributed by atoms with Crippen LogP contribution < -0.4 is 5.73 Å². The predicted molar refractivity (Wildman–Crippen MR) is 18.5 cm³/mol. The van der Waals surface area contributed by atoms with Crippen LogP contribution in [0.25, 0.3) is 0 Å². The van der Waals surface area contributed by atoms with Crippen molar-refractivity contribution >= 4 is 0 Å². The van der Waals surface area contributed by atoms with Crippen molar-refractivity contribution < 1.29 is 4.74 Å². The normalized spacial score (nSPS) is 49.2. The average molecular weight is 73.1 g/mol. The summed E-state index contributed by atoms with van der Waals surface area (Å²) < 4.78 is 4.69. The first-order valence-electron chi connectivity index (χ1n) is 1.72. The first-order valence-corrected chi connectivity index (χ1v) is 1.72. The number of nitrogens with two attached hydrogens (primary N) is 1. The van der Waals surface area contributed by atoms with Crippen LogP contribution in [0.4, 0.5) is 0 Å².